The predicted octanol–water partition coefficient (Wildman–Crippen LogP) is 0.698. The Bertz CT molecular complexity index is 295. The molecule has 0 aromatic carbocycles. The Hall–Kier alpha value is -0.650. The molecule has 5 heteroatoms. The number of hydrogen-bond acceptors (Lipinski definition) is 4. The Labute approximate surface area is 122 Å². The highest BCUT2D eigenvalue weighted by Gasteiger charge is 2.28. The van der Waals surface area contributed by atoms with Crippen molar-refractivity contribution in [2.45, 2.75) is 45.2 Å². The molecular formula is C15H29N3O2. The van der Waals surface area contributed by atoms with E-state index in [4.69, 9.17) is 4.74 Å². The highest BCUT2D eigenvalue weighted by molar-refractivity contribution is 5.79. The molecule has 2 saturated heterocycles. The summed E-state index contributed by atoms with van der Waals surface area (Å²) in [5.41, 5.74) is 0. The molecule has 0 bridgehead atoms. The summed E-state index contributed by atoms with van der Waals surface area (Å²) in [5.74, 6) is 0.256. The fourth-order valence-electron chi connectivity index (χ4n) is 3.26. The summed E-state index contributed by atoms with van der Waals surface area (Å²) < 4.78 is 5.32. The van der Waals surface area contributed by atoms with Gasteiger partial charge < -0.3 is 15.0 Å². The molecule has 0 spiro atoms. The van der Waals surface area contributed by atoms with Crippen LogP contribution in [-0.2, 0) is 9.53 Å². The Kier molecular flexibility index (Phi) is 6.26. The lowest BCUT2D eigenvalue weighted by atomic mass is 9.97. The first-order valence-corrected chi connectivity index (χ1v) is 8.00. The molecule has 0 saturated carbocycles. The molecule has 2 aliphatic rings. The van der Waals surface area contributed by atoms with Gasteiger partial charge in [-0.15, -0.1) is 0 Å². The Morgan fingerprint density at radius 2 is 1.85 bits per heavy atom. The van der Waals surface area contributed by atoms with Crippen LogP contribution < -0.4 is 5.32 Å². The summed E-state index contributed by atoms with van der Waals surface area (Å²) in [7, 11) is 0. The van der Waals surface area contributed by atoms with E-state index < -0.39 is 0 Å². The van der Waals surface area contributed by atoms with Crippen LogP contribution in [0.5, 0.6) is 0 Å². The van der Waals surface area contributed by atoms with Gasteiger partial charge in [0, 0.05) is 38.3 Å². The van der Waals surface area contributed by atoms with Gasteiger partial charge in [0.25, 0.3) is 0 Å². The number of nitrogens with zero attached hydrogens (tertiary/aromatic N) is 2. The lowest BCUT2D eigenvalue weighted by Crippen LogP contribution is -2.51. The molecule has 0 aromatic heterocycles. The highest BCUT2D eigenvalue weighted by atomic mass is 16.5. The predicted molar refractivity (Wildman–Crippen MR) is 79.7 cm³/mol. The molecule has 20 heavy (non-hydrogen) atoms. The van der Waals surface area contributed by atoms with E-state index in [0.29, 0.717) is 18.6 Å². The smallest absolute Gasteiger partial charge is 0.237 e. The van der Waals surface area contributed by atoms with Gasteiger partial charge in [0.1, 0.15) is 0 Å². The third kappa shape index (κ3) is 4.43. The van der Waals surface area contributed by atoms with E-state index in [-0.39, 0.29) is 5.91 Å². The maximum Gasteiger partial charge on any atom is 0.237 e. The SMILES string of the molecule is CC1CCCC(C)N1C(=O)CNCCN1CCOCC1. The zero-order chi connectivity index (χ0) is 14.4. The lowest BCUT2D eigenvalue weighted by Gasteiger charge is -2.39. The van der Waals surface area contributed by atoms with Gasteiger partial charge in [0.05, 0.1) is 19.8 Å². The molecule has 2 atom stereocenters. The van der Waals surface area contributed by atoms with Gasteiger partial charge in [-0.3, -0.25) is 9.69 Å². The fraction of sp³-hybridized carbons (Fsp3) is 0.933. The third-order valence-corrected chi connectivity index (χ3v) is 4.47. The average Bonchev–Trinajstić information content (AvgIpc) is 2.44. The number of carbonyl (C=O) groups excluding carboxylic acids is 1. The number of ether oxygens (including phenoxy) is 1. The average molecular weight is 283 g/mol. The molecule has 0 radical (unpaired) electrons. The van der Waals surface area contributed by atoms with E-state index in [2.05, 4.69) is 29.0 Å². The second-order valence-electron chi connectivity index (χ2n) is 6.06. The number of nitrogens with one attached hydrogen (secondary N) is 1. The van der Waals surface area contributed by atoms with Gasteiger partial charge in [0.2, 0.25) is 5.91 Å². The molecule has 0 aliphatic carbocycles. The van der Waals surface area contributed by atoms with E-state index in [1.807, 2.05) is 0 Å². The largest absolute Gasteiger partial charge is 0.379 e. The molecule has 2 heterocycles. The second kappa shape index (κ2) is 7.96. The van der Waals surface area contributed by atoms with E-state index in [1.54, 1.807) is 0 Å². The number of rotatable bonds is 5. The van der Waals surface area contributed by atoms with Gasteiger partial charge in [-0.1, -0.05) is 0 Å². The fourth-order valence-corrected chi connectivity index (χ4v) is 3.26. The Morgan fingerprint density at radius 1 is 1.20 bits per heavy atom. The van der Waals surface area contributed by atoms with E-state index in [1.165, 1.54) is 6.42 Å². The molecular weight excluding hydrogens is 254 g/mol. The minimum absolute atomic E-state index is 0.256. The van der Waals surface area contributed by atoms with Gasteiger partial charge in [0.15, 0.2) is 0 Å². The number of carbonyl (C=O) groups is 1. The molecule has 1 amide bonds. The van der Waals surface area contributed by atoms with Crippen molar-refractivity contribution in [3.05, 3.63) is 0 Å². The van der Waals surface area contributed by atoms with Gasteiger partial charge in [-0.05, 0) is 33.1 Å². The number of hydrogen-bond donors (Lipinski definition) is 1. The quantitative estimate of drug-likeness (QED) is 0.754. The number of likely N-dealkylation sites (tertiary alicyclic amines) is 1. The topological polar surface area (TPSA) is 44.8 Å². The first-order valence-electron chi connectivity index (χ1n) is 8.00. The van der Waals surface area contributed by atoms with Crippen LogP contribution in [0.15, 0.2) is 0 Å². The highest BCUT2D eigenvalue weighted by Crippen LogP contribution is 2.22. The molecule has 2 fully saturated rings. The van der Waals surface area contributed by atoms with E-state index in [9.17, 15) is 4.79 Å². The van der Waals surface area contributed by atoms with Crippen LogP contribution in [0.2, 0.25) is 0 Å². The first-order chi connectivity index (χ1) is 9.68. The molecule has 2 unspecified atom stereocenters. The van der Waals surface area contributed by atoms with Crippen molar-refractivity contribution in [1.82, 2.24) is 15.1 Å². The zero-order valence-corrected chi connectivity index (χ0v) is 12.9. The maximum atomic E-state index is 12.3. The van der Waals surface area contributed by atoms with Crippen LogP contribution in [0.3, 0.4) is 0 Å². The summed E-state index contributed by atoms with van der Waals surface area (Å²) in [6.45, 7) is 10.4. The molecule has 0 aromatic rings. The van der Waals surface area contributed by atoms with Gasteiger partial charge in [-0.25, -0.2) is 0 Å². The van der Waals surface area contributed by atoms with Crippen molar-refractivity contribution in [1.29, 1.82) is 0 Å². The minimum atomic E-state index is 0.256. The van der Waals surface area contributed by atoms with Crippen LogP contribution in [0.4, 0.5) is 0 Å². The van der Waals surface area contributed by atoms with Crippen molar-refractivity contribution in [3.63, 3.8) is 0 Å². The zero-order valence-electron chi connectivity index (χ0n) is 12.9. The summed E-state index contributed by atoms with van der Waals surface area (Å²) in [6.07, 6.45) is 3.53. The Balaban J connectivity index is 1.64. The summed E-state index contributed by atoms with van der Waals surface area (Å²) in [5, 5.41) is 3.30. The molecule has 5 nitrogen and oxygen atoms in total. The van der Waals surface area contributed by atoms with Crippen LogP contribution in [-0.4, -0.2) is 73.7 Å². The van der Waals surface area contributed by atoms with Crippen LogP contribution in [0.1, 0.15) is 33.1 Å². The normalized spacial score (nSPS) is 28.6. The second-order valence-corrected chi connectivity index (χ2v) is 6.06. The van der Waals surface area contributed by atoms with Crippen molar-refractivity contribution < 1.29 is 9.53 Å². The standard InChI is InChI=1S/C15H29N3O2/c1-13-4-3-5-14(2)18(13)15(19)12-16-6-7-17-8-10-20-11-9-17/h13-14,16H,3-12H2,1-2H3. The van der Waals surface area contributed by atoms with Crippen molar-refractivity contribution in [2.75, 3.05) is 45.9 Å². The minimum Gasteiger partial charge on any atom is -0.379 e. The van der Waals surface area contributed by atoms with Crippen LogP contribution in [0.25, 0.3) is 0 Å². The van der Waals surface area contributed by atoms with E-state index >= 15 is 0 Å². The van der Waals surface area contributed by atoms with Gasteiger partial charge in [-0.2, -0.15) is 0 Å². The van der Waals surface area contributed by atoms with Crippen molar-refractivity contribution in [3.8, 4) is 0 Å². The van der Waals surface area contributed by atoms with Crippen LogP contribution >= 0.6 is 0 Å². The number of amides is 1. The Morgan fingerprint density at radius 3 is 2.50 bits per heavy atom. The summed E-state index contributed by atoms with van der Waals surface area (Å²) >= 11 is 0. The number of morpholine rings is 1. The molecule has 2 rings (SSSR count). The summed E-state index contributed by atoms with van der Waals surface area (Å²) in [4.78, 5) is 16.8. The molecule has 116 valence electrons. The lowest BCUT2D eigenvalue weighted by molar-refractivity contribution is -0.136. The first kappa shape index (κ1) is 15.7. The van der Waals surface area contributed by atoms with Crippen molar-refractivity contribution in [2.24, 2.45) is 0 Å². The van der Waals surface area contributed by atoms with Crippen molar-refractivity contribution >= 4 is 5.91 Å². The number of piperidine rings is 1. The molecule has 1 N–H and O–H groups in total. The van der Waals surface area contributed by atoms with Crippen LogP contribution in [0, 0.1) is 0 Å². The van der Waals surface area contributed by atoms with E-state index in [0.717, 1.165) is 52.2 Å². The maximum absolute atomic E-state index is 12.3. The summed E-state index contributed by atoms with van der Waals surface area (Å²) in [6, 6.07) is 0.791. The molecule has 2 aliphatic heterocycles. The van der Waals surface area contributed by atoms with Gasteiger partial charge >= 0.3 is 0 Å². The third-order valence-electron chi connectivity index (χ3n) is 4.47. The monoisotopic (exact) mass is 283 g/mol.